The number of nitrogens with zero attached hydrogens (tertiary/aromatic N) is 1. The molecule has 0 radical (unpaired) electrons. The minimum atomic E-state index is -0.892. The molecule has 2 unspecified atom stereocenters. The molecule has 3 heteroatoms. The van der Waals surface area contributed by atoms with E-state index in [-0.39, 0.29) is 6.54 Å². The summed E-state index contributed by atoms with van der Waals surface area (Å²) in [5.74, 6) is 0. The first kappa shape index (κ1) is 15.5. The van der Waals surface area contributed by atoms with E-state index in [2.05, 4.69) is 11.8 Å². The minimum absolute atomic E-state index is 0.279. The Morgan fingerprint density at radius 3 is 2.70 bits per heavy atom. The summed E-state index contributed by atoms with van der Waals surface area (Å²) in [6, 6.07) is 10.5. The highest BCUT2D eigenvalue weighted by Gasteiger charge is 2.29. The molecule has 1 aromatic carbocycles. The quantitative estimate of drug-likeness (QED) is 0.839. The van der Waals surface area contributed by atoms with Gasteiger partial charge in [0.15, 0.2) is 0 Å². The lowest BCUT2D eigenvalue weighted by Gasteiger charge is -2.37. The largest absolute Gasteiger partial charge is 0.384 e. The molecule has 3 N–H and O–H groups in total. The molecule has 0 spiro atoms. The summed E-state index contributed by atoms with van der Waals surface area (Å²) in [5, 5.41) is 10.8. The Bertz CT molecular complexity index is 395. The molecule has 1 saturated heterocycles. The van der Waals surface area contributed by atoms with Crippen molar-refractivity contribution in [1.82, 2.24) is 4.90 Å². The summed E-state index contributed by atoms with van der Waals surface area (Å²) in [7, 11) is 0. The maximum absolute atomic E-state index is 10.8. The van der Waals surface area contributed by atoms with Gasteiger partial charge in [-0.1, -0.05) is 43.7 Å². The van der Waals surface area contributed by atoms with E-state index in [4.69, 9.17) is 5.73 Å². The van der Waals surface area contributed by atoms with Crippen LogP contribution in [0.15, 0.2) is 30.3 Å². The maximum atomic E-state index is 10.8. The van der Waals surface area contributed by atoms with Gasteiger partial charge in [0.1, 0.15) is 5.60 Å². The Kier molecular flexibility index (Phi) is 5.58. The van der Waals surface area contributed by atoms with E-state index >= 15 is 0 Å². The van der Waals surface area contributed by atoms with Crippen LogP contribution < -0.4 is 5.73 Å². The number of piperidine rings is 1. The number of hydrogen-bond acceptors (Lipinski definition) is 3. The average Bonchev–Trinajstić information content (AvgIpc) is 2.53. The van der Waals surface area contributed by atoms with E-state index in [1.165, 1.54) is 25.7 Å². The molecular formula is C17H28N2O. The third-order valence-electron chi connectivity index (χ3n) is 4.68. The Morgan fingerprint density at radius 1 is 1.30 bits per heavy atom. The Balaban J connectivity index is 1.99. The second-order valence-electron chi connectivity index (χ2n) is 5.95. The molecule has 3 nitrogen and oxygen atoms in total. The summed E-state index contributed by atoms with van der Waals surface area (Å²) in [6.45, 7) is 4.63. The van der Waals surface area contributed by atoms with E-state index in [0.29, 0.717) is 12.5 Å². The second kappa shape index (κ2) is 7.21. The average molecular weight is 276 g/mol. The van der Waals surface area contributed by atoms with Crippen molar-refractivity contribution in [2.45, 2.75) is 50.7 Å². The van der Waals surface area contributed by atoms with Crippen LogP contribution in [0.25, 0.3) is 0 Å². The van der Waals surface area contributed by atoms with Gasteiger partial charge in [-0.25, -0.2) is 0 Å². The van der Waals surface area contributed by atoms with Crippen molar-refractivity contribution in [3.8, 4) is 0 Å². The van der Waals surface area contributed by atoms with Crippen LogP contribution in [0.3, 0.4) is 0 Å². The van der Waals surface area contributed by atoms with Crippen LogP contribution in [0.2, 0.25) is 0 Å². The van der Waals surface area contributed by atoms with Gasteiger partial charge in [0.2, 0.25) is 0 Å². The predicted octanol–water partition coefficient (Wildman–Crippen LogP) is 2.49. The van der Waals surface area contributed by atoms with Crippen molar-refractivity contribution in [1.29, 1.82) is 0 Å². The van der Waals surface area contributed by atoms with Gasteiger partial charge in [0.25, 0.3) is 0 Å². The summed E-state index contributed by atoms with van der Waals surface area (Å²) in [4.78, 5) is 2.53. The van der Waals surface area contributed by atoms with Crippen molar-refractivity contribution >= 4 is 0 Å². The Labute approximate surface area is 122 Å². The van der Waals surface area contributed by atoms with E-state index in [1.807, 2.05) is 30.3 Å². The number of rotatable bonds is 6. The fraction of sp³-hybridized carbons (Fsp3) is 0.647. The van der Waals surface area contributed by atoms with Gasteiger partial charge in [-0.3, -0.25) is 0 Å². The first-order chi connectivity index (χ1) is 9.69. The first-order valence-corrected chi connectivity index (χ1v) is 7.91. The standard InChI is InChI=1S/C17H28N2O/c1-2-16-10-6-7-12-19(16)13-11-17(20,14-18)15-8-4-3-5-9-15/h3-5,8-9,16,20H,2,6-7,10-14,18H2,1H3. The molecule has 0 aliphatic carbocycles. The summed E-state index contributed by atoms with van der Waals surface area (Å²) in [5.41, 5.74) is 5.90. The number of aliphatic hydroxyl groups is 1. The van der Waals surface area contributed by atoms with Crippen LogP contribution in [0.4, 0.5) is 0 Å². The van der Waals surface area contributed by atoms with E-state index in [9.17, 15) is 5.11 Å². The van der Waals surface area contributed by atoms with Crippen LogP contribution >= 0.6 is 0 Å². The highest BCUT2D eigenvalue weighted by molar-refractivity contribution is 5.22. The number of likely N-dealkylation sites (tertiary alicyclic amines) is 1. The second-order valence-corrected chi connectivity index (χ2v) is 5.95. The molecular weight excluding hydrogens is 248 g/mol. The first-order valence-electron chi connectivity index (χ1n) is 7.91. The predicted molar refractivity (Wildman–Crippen MR) is 83.5 cm³/mol. The van der Waals surface area contributed by atoms with Crippen molar-refractivity contribution in [2.75, 3.05) is 19.6 Å². The van der Waals surface area contributed by atoms with Gasteiger partial charge in [-0.15, -0.1) is 0 Å². The molecule has 1 heterocycles. The van der Waals surface area contributed by atoms with Gasteiger partial charge in [0, 0.05) is 19.1 Å². The molecule has 1 fully saturated rings. The molecule has 0 aromatic heterocycles. The Hall–Kier alpha value is -0.900. The van der Waals surface area contributed by atoms with Crippen LogP contribution in [0, 0.1) is 0 Å². The lowest BCUT2D eigenvalue weighted by molar-refractivity contribution is 0.0160. The molecule has 1 aliphatic rings. The zero-order chi connectivity index (χ0) is 14.4. The van der Waals surface area contributed by atoms with Crippen LogP contribution in [0.1, 0.15) is 44.6 Å². The van der Waals surface area contributed by atoms with Gasteiger partial charge in [-0.05, 0) is 37.8 Å². The van der Waals surface area contributed by atoms with E-state index < -0.39 is 5.60 Å². The highest BCUT2D eigenvalue weighted by atomic mass is 16.3. The molecule has 0 amide bonds. The fourth-order valence-electron chi connectivity index (χ4n) is 3.26. The maximum Gasteiger partial charge on any atom is 0.103 e. The molecule has 2 atom stereocenters. The van der Waals surface area contributed by atoms with Gasteiger partial charge in [-0.2, -0.15) is 0 Å². The van der Waals surface area contributed by atoms with Gasteiger partial charge in [0.05, 0.1) is 0 Å². The molecule has 0 saturated carbocycles. The van der Waals surface area contributed by atoms with Crippen molar-refractivity contribution in [3.63, 3.8) is 0 Å². The number of hydrogen-bond donors (Lipinski definition) is 2. The molecule has 1 aromatic rings. The Morgan fingerprint density at radius 2 is 2.05 bits per heavy atom. The van der Waals surface area contributed by atoms with Crippen molar-refractivity contribution < 1.29 is 5.11 Å². The minimum Gasteiger partial charge on any atom is -0.384 e. The fourth-order valence-corrected chi connectivity index (χ4v) is 3.26. The van der Waals surface area contributed by atoms with E-state index in [1.54, 1.807) is 0 Å². The van der Waals surface area contributed by atoms with E-state index in [0.717, 1.165) is 18.7 Å². The summed E-state index contributed by atoms with van der Waals surface area (Å²) < 4.78 is 0. The summed E-state index contributed by atoms with van der Waals surface area (Å²) in [6.07, 6.45) is 5.83. The lowest BCUT2D eigenvalue weighted by Crippen LogP contribution is -2.44. The molecule has 1 aliphatic heterocycles. The monoisotopic (exact) mass is 276 g/mol. The molecule has 0 bridgehead atoms. The third-order valence-corrected chi connectivity index (χ3v) is 4.68. The van der Waals surface area contributed by atoms with Crippen LogP contribution in [-0.2, 0) is 5.60 Å². The highest BCUT2D eigenvalue weighted by Crippen LogP contribution is 2.26. The number of benzene rings is 1. The normalized spacial score (nSPS) is 23.4. The summed E-state index contributed by atoms with van der Waals surface area (Å²) >= 11 is 0. The lowest BCUT2D eigenvalue weighted by atomic mass is 9.89. The van der Waals surface area contributed by atoms with Gasteiger partial charge < -0.3 is 15.7 Å². The zero-order valence-corrected chi connectivity index (χ0v) is 12.6. The van der Waals surface area contributed by atoms with Gasteiger partial charge >= 0.3 is 0 Å². The number of nitrogens with two attached hydrogens (primary N) is 1. The smallest absolute Gasteiger partial charge is 0.103 e. The third kappa shape index (κ3) is 3.60. The van der Waals surface area contributed by atoms with Crippen molar-refractivity contribution in [2.24, 2.45) is 5.73 Å². The van der Waals surface area contributed by atoms with Crippen LogP contribution in [-0.4, -0.2) is 35.7 Å². The molecule has 20 heavy (non-hydrogen) atoms. The SMILES string of the molecule is CCC1CCCCN1CCC(O)(CN)c1ccccc1. The zero-order valence-electron chi connectivity index (χ0n) is 12.6. The molecule has 2 rings (SSSR count). The van der Waals surface area contributed by atoms with Crippen molar-refractivity contribution in [3.05, 3.63) is 35.9 Å². The molecule has 112 valence electrons. The van der Waals surface area contributed by atoms with Crippen LogP contribution in [0.5, 0.6) is 0 Å². The topological polar surface area (TPSA) is 49.5 Å².